The lowest BCUT2D eigenvalue weighted by atomic mass is 9.91. The van der Waals surface area contributed by atoms with Crippen molar-refractivity contribution >= 4 is 52.6 Å². The summed E-state index contributed by atoms with van der Waals surface area (Å²) in [5, 5.41) is 26.0. The van der Waals surface area contributed by atoms with Crippen LogP contribution < -0.4 is 20.1 Å². The third kappa shape index (κ3) is 8.92. The minimum Gasteiger partial charge on any atom is -0.489 e. The summed E-state index contributed by atoms with van der Waals surface area (Å²) in [5.74, 6) is -1.73. The van der Waals surface area contributed by atoms with E-state index in [2.05, 4.69) is 16.7 Å². The maximum atomic E-state index is 14.2. The number of carbonyl (C=O) groups is 4. The molecule has 0 bridgehead atoms. The summed E-state index contributed by atoms with van der Waals surface area (Å²) < 4.78 is 12.2. The normalized spacial score (nSPS) is 15.8. The molecule has 0 radical (unpaired) electrons. The summed E-state index contributed by atoms with van der Waals surface area (Å²) in [6, 6.07) is 38.4. The van der Waals surface area contributed by atoms with Crippen molar-refractivity contribution in [3.8, 4) is 28.7 Å². The van der Waals surface area contributed by atoms with Gasteiger partial charge < -0.3 is 30.1 Å². The molecule has 8 rings (SSSR count). The van der Waals surface area contributed by atoms with Crippen LogP contribution in [0, 0.1) is 11.3 Å². The molecular formula is C48H36Cl2N4O7. The number of carboxylic acid groups (broad SMARTS) is 1. The van der Waals surface area contributed by atoms with Gasteiger partial charge in [-0.25, -0.2) is 4.79 Å². The van der Waals surface area contributed by atoms with Gasteiger partial charge in [0.2, 0.25) is 12.0 Å². The number of hydrogen-bond acceptors (Lipinski definition) is 7. The summed E-state index contributed by atoms with van der Waals surface area (Å²) >= 11 is 12.6. The summed E-state index contributed by atoms with van der Waals surface area (Å²) in [7, 11) is 0. The number of nitrogens with one attached hydrogen (secondary N) is 2. The Labute approximate surface area is 361 Å². The summed E-state index contributed by atoms with van der Waals surface area (Å²) in [6.07, 6.45) is -0.934. The average Bonchev–Trinajstić information content (AvgIpc) is 3.28. The number of nitrogens with zero attached hydrogens (tertiary/aromatic N) is 2. The van der Waals surface area contributed by atoms with Crippen LogP contribution in [0.3, 0.4) is 0 Å². The van der Waals surface area contributed by atoms with E-state index in [0.717, 1.165) is 11.1 Å². The number of ether oxygens (including phenoxy) is 2. The second kappa shape index (κ2) is 17.6. The zero-order chi connectivity index (χ0) is 42.6. The summed E-state index contributed by atoms with van der Waals surface area (Å²) in [4.78, 5) is 55.7. The van der Waals surface area contributed by atoms with E-state index in [-0.39, 0.29) is 26.0 Å². The first kappa shape index (κ1) is 40.6. The molecule has 0 fully saturated rings. The van der Waals surface area contributed by atoms with Crippen molar-refractivity contribution in [2.45, 2.75) is 44.2 Å². The first-order valence-corrected chi connectivity index (χ1v) is 20.1. The van der Waals surface area contributed by atoms with Crippen LogP contribution in [0.1, 0.15) is 49.8 Å². The Balaban J connectivity index is 0.996. The van der Waals surface area contributed by atoms with E-state index in [1.165, 1.54) is 4.90 Å². The van der Waals surface area contributed by atoms with Gasteiger partial charge in [-0.2, -0.15) is 5.26 Å². The molecular weight excluding hydrogens is 815 g/mol. The fourth-order valence-electron chi connectivity index (χ4n) is 7.44. The fraction of sp³-hybridized carbons (Fsp3) is 0.146. The Morgan fingerprint density at radius 2 is 1.54 bits per heavy atom. The smallest absolute Gasteiger partial charge is 0.326 e. The van der Waals surface area contributed by atoms with Crippen LogP contribution in [0.15, 0.2) is 133 Å². The van der Waals surface area contributed by atoms with Gasteiger partial charge in [-0.3, -0.25) is 14.4 Å². The highest BCUT2D eigenvalue weighted by Crippen LogP contribution is 2.40. The quantitative estimate of drug-likeness (QED) is 0.117. The highest BCUT2D eigenvalue weighted by molar-refractivity contribution is 6.36. The minimum atomic E-state index is -1.29. The van der Waals surface area contributed by atoms with E-state index in [0.29, 0.717) is 66.2 Å². The van der Waals surface area contributed by atoms with E-state index in [9.17, 15) is 24.3 Å². The lowest BCUT2D eigenvalue weighted by Crippen LogP contribution is -2.56. The molecule has 3 N–H and O–H groups in total. The second-order valence-electron chi connectivity index (χ2n) is 14.7. The van der Waals surface area contributed by atoms with Crippen molar-refractivity contribution in [2.24, 2.45) is 0 Å². The zero-order valence-electron chi connectivity index (χ0n) is 32.3. The van der Waals surface area contributed by atoms with Crippen molar-refractivity contribution in [3.05, 3.63) is 182 Å². The molecule has 0 aromatic heterocycles. The van der Waals surface area contributed by atoms with Crippen LogP contribution in [0.25, 0.3) is 11.1 Å². The number of hydrogen-bond donors (Lipinski definition) is 3. The second-order valence-corrected chi connectivity index (χ2v) is 15.5. The van der Waals surface area contributed by atoms with E-state index < -0.39 is 41.9 Å². The summed E-state index contributed by atoms with van der Waals surface area (Å²) in [5.41, 5.74) is 6.43. The zero-order valence-corrected chi connectivity index (χ0v) is 33.8. The summed E-state index contributed by atoms with van der Waals surface area (Å²) in [6.45, 7) is 0.174. The third-order valence-corrected chi connectivity index (χ3v) is 11.4. The molecule has 2 unspecified atom stereocenters. The minimum absolute atomic E-state index is 0.00408. The van der Waals surface area contributed by atoms with Gasteiger partial charge in [0.25, 0.3) is 11.8 Å². The molecule has 0 saturated heterocycles. The van der Waals surface area contributed by atoms with Gasteiger partial charge in [0.05, 0.1) is 17.3 Å². The van der Waals surface area contributed by atoms with Gasteiger partial charge in [-0.05, 0) is 88.5 Å². The topological polar surface area (TPSA) is 158 Å². The number of nitriles is 1. The molecule has 11 nitrogen and oxygen atoms in total. The number of halogens is 2. The standard InChI is InChI=1S/C48H36Cl2N4O7/c49-38-7-4-8-39(50)37(38)27-60-36-19-17-32(18-20-36)44-46(56)52-40-22-34-23-42(54(26-35(34)24-43(40)61-44)47(57)33-5-2-1-3-6-33)45(55)53-41(48(58)59)21-28-9-13-30(14-10-28)31-15-11-29(25-51)12-16-31/h1-20,22,24,41-42,44H,21,23,26-27H2,(H,52,56)(H,53,55)(H,58,59)/t41-,42?,44?/m0/s1. The van der Waals surface area contributed by atoms with Crippen LogP contribution >= 0.6 is 23.2 Å². The van der Waals surface area contributed by atoms with Crippen LogP contribution in [-0.2, 0) is 40.4 Å². The van der Waals surface area contributed by atoms with Crippen LogP contribution in [0.2, 0.25) is 10.0 Å². The largest absolute Gasteiger partial charge is 0.489 e. The van der Waals surface area contributed by atoms with Crippen LogP contribution in [0.5, 0.6) is 11.5 Å². The maximum absolute atomic E-state index is 14.2. The number of aliphatic carboxylic acids is 1. The van der Waals surface area contributed by atoms with E-state index >= 15 is 0 Å². The van der Waals surface area contributed by atoms with Gasteiger partial charge in [0.1, 0.15) is 30.2 Å². The Bertz CT molecular complexity index is 2670. The molecule has 3 atom stereocenters. The van der Waals surface area contributed by atoms with Gasteiger partial charge >= 0.3 is 5.97 Å². The molecule has 6 aromatic rings. The van der Waals surface area contributed by atoms with Crippen LogP contribution in [0.4, 0.5) is 5.69 Å². The Hall–Kier alpha value is -7.13. The first-order chi connectivity index (χ1) is 29.5. The lowest BCUT2D eigenvalue weighted by Gasteiger charge is -2.37. The maximum Gasteiger partial charge on any atom is 0.326 e. The lowest BCUT2D eigenvalue weighted by molar-refractivity contribution is -0.142. The van der Waals surface area contributed by atoms with Crippen molar-refractivity contribution < 1.29 is 33.8 Å². The van der Waals surface area contributed by atoms with Crippen LogP contribution in [-0.4, -0.2) is 45.8 Å². The van der Waals surface area contributed by atoms with Gasteiger partial charge in [-0.1, -0.05) is 96.0 Å². The van der Waals surface area contributed by atoms with Gasteiger partial charge in [0, 0.05) is 46.1 Å². The SMILES string of the molecule is N#Cc1ccc(-c2ccc(C[C@H](NC(=O)C3Cc4cc5c(cc4CN3C(=O)c3ccccc3)OC(c3ccc(OCc4c(Cl)cccc4Cl)cc3)C(=O)N5)C(=O)O)cc2)cc1. The molecule has 3 amide bonds. The Morgan fingerprint density at radius 3 is 2.20 bits per heavy atom. The predicted octanol–water partition coefficient (Wildman–Crippen LogP) is 8.56. The first-order valence-electron chi connectivity index (χ1n) is 19.3. The van der Waals surface area contributed by atoms with Gasteiger partial charge in [0.15, 0.2) is 0 Å². The number of anilines is 1. The number of carbonyl (C=O) groups excluding carboxylic acids is 3. The van der Waals surface area contributed by atoms with E-state index in [4.69, 9.17) is 37.9 Å². The highest BCUT2D eigenvalue weighted by atomic mass is 35.5. The number of fused-ring (bicyclic) bond motifs is 2. The fourth-order valence-corrected chi connectivity index (χ4v) is 7.95. The number of rotatable bonds is 11. The molecule has 13 heteroatoms. The molecule has 6 aromatic carbocycles. The number of carboxylic acids is 1. The monoisotopic (exact) mass is 850 g/mol. The van der Waals surface area contributed by atoms with E-state index in [1.54, 1.807) is 109 Å². The Kier molecular flexibility index (Phi) is 11.7. The Morgan fingerprint density at radius 1 is 0.869 bits per heavy atom. The number of benzene rings is 6. The molecule has 0 aliphatic carbocycles. The molecule has 61 heavy (non-hydrogen) atoms. The molecule has 2 aliphatic heterocycles. The van der Waals surface area contributed by atoms with Crippen molar-refractivity contribution in [3.63, 3.8) is 0 Å². The predicted molar refractivity (Wildman–Crippen MR) is 229 cm³/mol. The molecule has 0 saturated carbocycles. The van der Waals surface area contributed by atoms with E-state index in [1.807, 2.05) is 24.3 Å². The highest BCUT2D eigenvalue weighted by Gasteiger charge is 2.39. The third-order valence-electron chi connectivity index (χ3n) is 10.7. The molecule has 304 valence electrons. The van der Waals surface area contributed by atoms with Gasteiger partial charge in [-0.15, -0.1) is 0 Å². The average molecular weight is 852 g/mol. The van der Waals surface area contributed by atoms with Crippen molar-refractivity contribution in [2.75, 3.05) is 5.32 Å². The van der Waals surface area contributed by atoms with Crippen molar-refractivity contribution in [1.29, 1.82) is 5.26 Å². The molecule has 0 spiro atoms. The van der Waals surface area contributed by atoms with Crippen molar-refractivity contribution in [1.82, 2.24) is 10.2 Å². The molecule has 2 aliphatic rings. The molecule has 2 heterocycles. The number of amides is 3.